The molecule has 0 bridgehead atoms. The van der Waals surface area contributed by atoms with Crippen LogP contribution in [0.1, 0.15) is 20.8 Å². The Bertz CT molecular complexity index is 753. The highest BCUT2D eigenvalue weighted by Gasteiger charge is 2.31. The number of anilines is 1. The lowest BCUT2D eigenvalue weighted by atomic mass is 10.0. The van der Waals surface area contributed by atoms with Crippen LogP contribution < -0.4 is 10.5 Å². The van der Waals surface area contributed by atoms with E-state index in [1.165, 1.54) is 0 Å². The van der Waals surface area contributed by atoms with Gasteiger partial charge in [-0.05, 0) is 20.8 Å². The third kappa shape index (κ3) is 3.34. The van der Waals surface area contributed by atoms with Crippen molar-refractivity contribution in [3.63, 3.8) is 0 Å². The summed E-state index contributed by atoms with van der Waals surface area (Å²) in [6.45, 7) is 11.5. The molecule has 1 fully saturated rings. The Balaban J connectivity index is 1.77. The monoisotopic (exact) mass is 349 g/mol. The van der Waals surface area contributed by atoms with Crippen LogP contribution >= 0.6 is 0 Å². The molecule has 2 N–H and O–H groups in total. The third-order valence-corrected chi connectivity index (χ3v) is 4.85. The molecule has 0 radical (unpaired) electrons. The SMILES string of the molecule is CCn1c(-c2c[nH][nH]c2=O)nnc1N1CCN(C(C)(C)COC)CC1. The molecule has 25 heavy (non-hydrogen) atoms. The number of nitrogens with one attached hydrogen (secondary N) is 2. The van der Waals surface area contributed by atoms with E-state index in [0.717, 1.165) is 32.1 Å². The number of ether oxygens (including phenoxy) is 1. The third-order valence-electron chi connectivity index (χ3n) is 4.85. The van der Waals surface area contributed by atoms with Gasteiger partial charge in [0.05, 0.1) is 6.61 Å². The van der Waals surface area contributed by atoms with Crippen LogP contribution in [0.3, 0.4) is 0 Å². The smallest absolute Gasteiger partial charge is 0.274 e. The number of rotatable bonds is 6. The second-order valence-corrected chi connectivity index (χ2v) is 6.94. The zero-order valence-electron chi connectivity index (χ0n) is 15.4. The first-order chi connectivity index (χ1) is 12.0. The number of aromatic nitrogens is 5. The minimum absolute atomic E-state index is 0.0167. The highest BCUT2D eigenvalue weighted by molar-refractivity contribution is 5.55. The lowest BCUT2D eigenvalue weighted by Gasteiger charge is -2.43. The van der Waals surface area contributed by atoms with E-state index in [2.05, 4.69) is 44.0 Å². The maximum absolute atomic E-state index is 11.9. The predicted molar refractivity (Wildman–Crippen MR) is 95.8 cm³/mol. The van der Waals surface area contributed by atoms with E-state index in [-0.39, 0.29) is 11.1 Å². The first-order valence-electron chi connectivity index (χ1n) is 8.66. The number of methoxy groups -OCH3 is 1. The molecule has 3 heterocycles. The van der Waals surface area contributed by atoms with Gasteiger partial charge < -0.3 is 14.7 Å². The van der Waals surface area contributed by atoms with Crippen molar-refractivity contribution in [2.24, 2.45) is 0 Å². The van der Waals surface area contributed by atoms with E-state index < -0.39 is 0 Å². The molecule has 9 nitrogen and oxygen atoms in total. The Hall–Kier alpha value is -2.13. The van der Waals surface area contributed by atoms with Crippen molar-refractivity contribution in [1.29, 1.82) is 0 Å². The van der Waals surface area contributed by atoms with E-state index >= 15 is 0 Å². The molecule has 0 unspecified atom stereocenters. The summed E-state index contributed by atoms with van der Waals surface area (Å²) in [6, 6.07) is 0. The van der Waals surface area contributed by atoms with Gasteiger partial charge in [-0.25, -0.2) is 0 Å². The molecule has 0 spiro atoms. The molecule has 1 aliphatic heterocycles. The van der Waals surface area contributed by atoms with Crippen molar-refractivity contribution < 1.29 is 4.74 Å². The zero-order chi connectivity index (χ0) is 18.0. The molecule has 0 aromatic carbocycles. The van der Waals surface area contributed by atoms with Crippen molar-refractivity contribution in [2.45, 2.75) is 32.9 Å². The quantitative estimate of drug-likeness (QED) is 0.790. The second kappa shape index (κ2) is 7.01. The molecule has 3 rings (SSSR count). The highest BCUT2D eigenvalue weighted by Crippen LogP contribution is 2.23. The number of nitrogens with zero attached hydrogens (tertiary/aromatic N) is 5. The molecule has 0 saturated carbocycles. The van der Waals surface area contributed by atoms with E-state index in [1.807, 2.05) is 11.5 Å². The predicted octanol–water partition coefficient (Wildman–Crippen LogP) is 0.528. The van der Waals surface area contributed by atoms with E-state index in [9.17, 15) is 4.79 Å². The Labute approximate surface area is 147 Å². The summed E-state index contributed by atoms with van der Waals surface area (Å²) in [5.74, 6) is 1.42. The van der Waals surface area contributed by atoms with E-state index in [0.29, 0.717) is 24.5 Å². The van der Waals surface area contributed by atoms with Gasteiger partial charge in [-0.3, -0.25) is 19.4 Å². The molecule has 1 aliphatic rings. The van der Waals surface area contributed by atoms with Gasteiger partial charge in [-0.15, -0.1) is 10.2 Å². The minimum Gasteiger partial charge on any atom is -0.383 e. The van der Waals surface area contributed by atoms with Crippen LogP contribution in [0.5, 0.6) is 0 Å². The fourth-order valence-electron chi connectivity index (χ4n) is 3.45. The topological polar surface area (TPSA) is 95.1 Å². The summed E-state index contributed by atoms with van der Waals surface area (Å²) < 4.78 is 7.34. The van der Waals surface area contributed by atoms with Crippen LogP contribution in [0.25, 0.3) is 11.4 Å². The normalized spacial score (nSPS) is 16.6. The molecule has 2 aromatic rings. The van der Waals surface area contributed by atoms with Crippen LogP contribution in [-0.2, 0) is 11.3 Å². The van der Waals surface area contributed by atoms with Crippen LogP contribution in [0.2, 0.25) is 0 Å². The van der Waals surface area contributed by atoms with Gasteiger partial charge in [0, 0.05) is 51.6 Å². The first-order valence-corrected chi connectivity index (χ1v) is 8.66. The number of piperazine rings is 1. The molecular weight excluding hydrogens is 322 g/mol. The largest absolute Gasteiger partial charge is 0.383 e. The van der Waals surface area contributed by atoms with Crippen molar-refractivity contribution in [3.05, 3.63) is 16.6 Å². The Morgan fingerprint density at radius 2 is 1.96 bits per heavy atom. The number of aromatic amines is 2. The molecule has 9 heteroatoms. The summed E-state index contributed by atoms with van der Waals surface area (Å²) in [6.07, 6.45) is 1.63. The standard InChI is InChI=1S/C16H27N7O2/c1-5-23-13(12-10-17-19-14(12)24)18-20-15(23)21-6-8-22(9-7-21)16(2,3)11-25-4/h10H,5-9,11H2,1-4H3,(H2,17,19,24). The van der Waals surface area contributed by atoms with Crippen LogP contribution in [0.4, 0.5) is 5.95 Å². The summed E-state index contributed by atoms with van der Waals surface area (Å²) in [5.41, 5.74) is 0.350. The van der Waals surface area contributed by atoms with Crippen molar-refractivity contribution in [2.75, 3.05) is 44.8 Å². The van der Waals surface area contributed by atoms with E-state index in [1.54, 1.807) is 13.3 Å². The number of H-pyrrole nitrogens is 2. The summed E-state index contributed by atoms with van der Waals surface area (Å²) in [7, 11) is 1.74. The molecule has 138 valence electrons. The second-order valence-electron chi connectivity index (χ2n) is 6.94. The average Bonchev–Trinajstić information content (AvgIpc) is 3.20. The van der Waals surface area contributed by atoms with Gasteiger partial charge in [0.15, 0.2) is 5.82 Å². The Kier molecular flexibility index (Phi) is 4.96. The number of hydrogen-bond donors (Lipinski definition) is 2. The van der Waals surface area contributed by atoms with Crippen LogP contribution in [-0.4, -0.2) is 75.3 Å². The van der Waals surface area contributed by atoms with Gasteiger partial charge in [-0.1, -0.05) is 0 Å². The van der Waals surface area contributed by atoms with Crippen LogP contribution in [0.15, 0.2) is 11.0 Å². The lowest BCUT2D eigenvalue weighted by molar-refractivity contribution is 0.0299. The average molecular weight is 349 g/mol. The number of hydrogen-bond acceptors (Lipinski definition) is 6. The lowest BCUT2D eigenvalue weighted by Crippen LogP contribution is -2.56. The van der Waals surface area contributed by atoms with Crippen LogP contribution in [0, 0.1) is 0 Å². The van der Waals surface area contributed by atoms with Gasteiger partial charge in [0.25, 0.3) is 5.56 Å². The highest BCUT2D eigenvalue weighted by atomic mass is 16.5. The fraction of sp³-hybridized carbons (Fsp3) is 0.688. The van der Waals surface area contributed by atoms with Gasteiger partial charge in [0.2, 0.25) is 5.95 Å². The maximum atomic E-state index is 11.9. The molecule has 0 atom stereocenters. The van der Waals surface area contributed by atoms with Crippen molar-refractivity contribution in [3.8, 4) is 11.4 Å². The van der Waals surface area contributed by atoms with Crippen molar-refractivity contribution >= 4 is 5.95 Å². The zero-order valence-corrected chi connectivity index (χ0v) is 15.4. The van der Waals surface area contributed by atoms with Gasteiger partial charge in [0.1, 0.15) is 5.56 Å². The minimum atomic E-state index is -0.181. The van der Waals surface area contributed by atoms with E-state index in [4.69, 9.17) is 4.74 Å². The maximum Gasteiger partial charge on any atom is 0.274 e. The van der Waals surface area contributed by atoms with Crippen molar-refractivity contribution in [1.82, 2.24) is 29.9 Å². The Morgan fingerprint density at radius 3 is 2.52 bits per heavy atom. The summed E-state index contributed by atoms with van der Waals surface area (Å²) in [4.78, 5) is 16.6. The Morgan fingerprint density at radius 1 is 1.24 bits per heavy atom. The molecular formula is C16H27N7O2. The molecule has 0 aliphatic carbocycles. The first kappa shape index (κ1) is 17.7. The molecule has 1 saturated heterocycles. The van der Waals surface area contributed by atoms with Gasteiger partial charge in [-0.2, -0.15) is 0 Å². The summed E-state index contributed by atoms with van der Waals surface area (Å²) in [5, 5.41) is 13.9. The summed E-state index contributed by atoms with van der Waals surface area (Å²) >= 11 is 0. The fourth-order valence-corrected chi connectivity index (χ4v) is 3.45. The molecule has 0 amide bonds. The molecule has 2 aromatic heterocycles. The van der Waals surface area contributed by atoms with Gasteiger partial charge >= 0.3 is 0 Å².